The van der Waals surface area contributed by atoms with Crippen molar-refractivity contribution in [3.05, 3.63) is 60.7 Å². The Morgan fingerprint density at radius 1 is 1.00 bits per heavy atom. The molecule has 1 aliphatic rings. The molecule has 0 aliphatic carbocycles. The molecule has 0 bridgehead atoms. The van der Waals surface area contributed by atoms with E-state index in [9.17, 15) is 9.59 Å². The van der Waals surface area contributed by atoms with Crippen molar-refractivity contribution in [2.45, 2.75) is 25.8 Å². The van der Waals surface area contributed by atoms with Gasteiger partial charge in [0.2, 0.25) is 0 Å². The number of urea groups is 1. The second-order valence-corrected chi connectivity index (χ2v) is 12.8. The lowest BCUT2D eigenvalue weighted by atomic mass is 10.2. The SMILES string of the molecule is CC(C)(C)[Si](OCCN1CCN(C(=O)Cl)C1=O)(c1ccccc1)c1ccccc1. The van der Waals surface area contributed by atoms with Crippen LogP contribution in [-0.2, 0) is 4.43 Å². The summed E-state index contributed by atoms with van der Waals surface area (Å²) in [6.45, 7) is 8.26. The zero-order valence-electron chi connectivity index (χ0n) is 17.1. The molecule has 0 unspecified atom stereocenters. The molecule has 0 radical (unpaired) electrons. The highest BCUT2D eigenvalue weighted by Crippen LogP contribution is 2.36. The smallest absolute Gasteiger partial charge is 0.327 e. The Kier molecular flexibility index (Phi) is 6.46. The van der Waals surface area contributed by atoms with Crippen LogP contribution >= 0.6 is 11.6 Å². The minimum Gasteiger partial charge on any atom is -0.406 e. The second kappa shape index (κ2) is 8.69. The summed E-state index contributed by atoms with van der Waals surface area (Å²) < 4.78 is 6.78. The first-order valence-corrected chi connectivity index (χ1v) is 12.1. The van der Waals surface area contributed by atoms with E-state index in [1.54, 1.807) is 4.90 Å². The second-order valence-electron chi connectivity index (χ2n) is 8.19. The van der Waals surface area contributed by atoms with Crippen LogP contribution in [0.4, 0.5) is 9.59 Å². The van der Waals surface area contributed by atoms with E-state index in [0.717, 1.165) is 4.90 Å². The largest absolute Gasteiger partial charge is 0.406 e. The fraction of sp³-hybridized carbons (Fsp3) is 0.364. The number of nitrogens with zero attached hydrogens (tertiary/aromatic N) is 2. The van der Waals surface area contributed by atoms with Gasteiger partial charge in [-0.2, -0.15) is 0 Å². The number of carbonyl (C=O) groups is 2. The summed E-state index contributed by atoms with van der Waals surface area (Å²) in [6.07, 6.45) is 0. The third-order valence-electron chi connectivity index (χ3n) is 5.40. The van der Waals surface area contributed by atoms with Crippen LogP contribution in [0.5, 0.6) is 0 Å². The summed E-state index contributed by atoms with van der Waals surface area (Å²) >= 11 is 5.49. The van der Waals surface area contributed by atoms with Gasteiger partial charge in [-0.3, -0.25) is 4.79 Å². The molecule has 154 valence electrons. The molecular formula is C22H27ClN2O3Si. The number of benzene rings is 2. The molecule has 0 aromatic heterocycles. The molecular weight excluding hydrogens is 404 g/mol. The van der Waals surface area contributed by atoms with Crippen LogP contribution in [0.1, 0.15) is 20.8 Å². The summed E-state index contributed by atoms with van der Waals surface area (Å²) in [5.41, 5.74) is 0. The van der Waals surface area contributed by atoms with Gasteiger partial charge < -0.3 is 9.33 Å². The molecule has 1 aliphatic heterocycles. The number of hydrogen-bond donors (Lipinski definition) is 0. The summed E-state index contributed by atoms with van der Waals surface area (Å²) in [4.78, 5) is 26.4. The van der Waals surface area contributed by atoms with Gasteiger partial charge in [0.05, 0.1) is 6.61 Å². The van der Waals surface area contributed by atoms with Crippen LogP contribution in [0.3, 0.4) is 0 Å². The minimum absolute atomic E-state index is 0.122. The van der Waals surface area contributed by atoms with E-state index in [0.29, 0.717) is 26.2 Å². The van der Waals surface area contributed by atoms with Crippen molar-refractivity contribution in [2.24, 2.45) is 0 Å². The average Bonchev–Trinajstić information content (AvgIpc) is 3.06. The Balaban J connectivity index is 1.89. The van der Waals surface area contributed by atoms with E-state index in [4.69, 9.17) is 16.0 Å². The predicted octanol–water partition coefficient (Wildman–Crippen LogP) is 3.66. The van der Waals surface area contributed by atoms with Crippen LogP contribution in [0.15, 0.2) is 60.7 Å². The quantitative estimate of drug-likeness (QED) is 0.399. The maximum Gasteiger partial charge on any atom is 0.327 e. The Morgan fingerprint density at radius 2 is 1.52 bits per heavy atom. The molecule has 29 heavy (non-hydrogen) atoms. The number of rotatable bonds is 6. The maximum absolute atomic E-state index is 12.3. The maximum atomic E-state index is 12.3. The molecule has 1 saturated heterocycles. The third kappa shape index (κ3) is 4.24. The summed E-state index contributed by atoms with van der Waals surface area (Å²) in [7, 11) is -2.63. The van der Waals surface area contributed by atoms with Crippen LogP contribution in [-0.4, -0.2) is 55.8 Å². The summed E-state index contributed by atoms with van der Waals surface area (Å²) in [6, 6.07) is 20.4. The van der Waals surface area contributed by atoms with Crippen molar-refractivity contribution < 1.29 is 14.0 Å². The van der Waals surface area contributed by atoms with Crippen molar-refractivity contribution >= 4 is 41.7 Å². The number of hydrogen-bond acceptors (Lipinski definition) is 3. The summed E-state index contributed by atoms with van der Waals surface area (Å²) in [5.74, 6) is 0. The van der Waals surface area contributed by atoms with Gasteiger partial charge in [-0.25, -0.2) is 9.69 Å². The summed E-state index contributed by atoms with van der Waals surface area (Å²) in [5, 5.41) is 1.54. The van der Waals surface area contributed by atoms with Gasteiger partial charge in [-0.15, -0.1) is 0 Å². The van der Waals surface area contributed by atoms with Crippen LogP contribution in [0.25, 0.3) is 0 Å². The Morgan fingerprint density at radius 3 is 1.93 bits per heavy atom. The van der Waals surface area contributed by atoms with E-state index >= 15 is 0 Å². The lowest BCUT2D eigenvalue weighted by Crippen LogP contribution is -2.67. The fourth-order valence-electron chi connectivity index (χ4n) is 4.02. The molecule has 3 amide bonds. The average molecular weight is 431 g/mol. The third-order valence-corrected chi connectivity index (χ3v) is 10.7. The lowest BCUT2D eigenvalue weighted by Gasteiger charge is -2.43. The Bertz CT molecular complexity index is 816. The number of imide groups is 1. The molecule has 1 fully saturated rings. The highest BCUT2D eigenvalue weighted by atomic mass is 35.5. The Labute approximate surface area is 178 Å². The van der Waals surface area contributed by atoms with Crippen molar-refractivity contribution in [2.75, 3.05) is 26.2 Å². The molecule has 0 N–H and O–H groups in total. The van der Waals surface area contributed by atoms with Gasteiger partial charge in [0, 0.05) is 19.6 Å². The molecule has 1 heterocycles. The van der Waals surface area contributed by atoms with Gasteiger partial charge in [-0.05, 0) is 27.0 Å². The number of amides is 3. The molecule has 2 aromatic rings. The van der Waals surface area contributed by atoms with E-state index in [1.807, 2.05) is 36.4 Å². The van der Waals surface area contributed by atoms with Gasteiger partial charge in [-0.1, -0.05) is 81.4 Å². The molecule has 3 rings (SSSR count). The topological polar surface area (TPSA) is 49.9 Å². The van der Waals surface area contributed by atoms with Crippen molar-refractivity contribution in [1.82, 2.24) is 9.80 Å². The van der Waals surface area contributed by atoms with Crippen molar-refractivity contribution in [3.63, 3.8) is 0 Å². The monoisotopic (exact) mass is 430 g/mol. The van der Waals surface area contributed by atoms with E-state index in [-0.39, 0.29) is 11.1 Å². The molecule has 0 saturated carbocycles. The number of halogens is 1. The molecule has 5 nitrogen and oxygen atoms in total. The first-order valence-electron chi connectivity index (χ1n) is 9.78. The molecule has 2 aromatic carbocycles. The number of carbonyl (C=O) groups excluding carboxylic acids is 2. The zero-order chi connectivity index (χ0) is 21.1. The van der Waals surface area contributed by atoms with Gasteiger partial charge in [0.25, 0.3) is 8.32 Å². The molecule has 0 spiro atoms. The van der Waals surface area contributed by atoms with Crippen LogP contribution in [0.2, 0.25) is 5.04 Å². The standard InChI is InChI=1S/C22H27ClN2O3Si/c1-22(2,3)29(18-10-6-4-7-11-18,19-12-8-5-9-13-19)28-17-16-24-14-15-25(20(23)26)21(24)27/h4-13H,14-17H2,1-3H3. The predicted molar refractivity (Wildman–Crippen MR) is 118 cm³/mol. The van der Waals surface area contributed by atoms with E-state index in [1.165, 1.54) is 10.4 Å². The minimum atomic E-state index is -2.63. The Hall–Kier alpha value is -2.15. The van der Waals surface area contributed by atoms with Crippen molar-refractivity contribution in [3.8, 4) is 0 Å². The van der Waals surface area contributed by atoms with Gasteiger partial charge >= 0.3 is 11.4 Å². The van der Waals surface area contributed by atoms with Crippen LogP contribution < -0.4 is 10.4 Å². The van der Waals surface area contributed by atoms with Crippen LogP contribution in [0, 0.1) is 0 Å². The molecule has 0 atom stereocenters. The highest BCUT2D eigenvalue weighted by Gasteiger charge is 2.50. The fourth-order valence-corrected chi connectivity index (χ4v) is 8.73. The first kappa shape index (κ1) is 21.6. The lowest BCUT2D eigenvalue weighted by molar-refractivity contribution is 0.183. The zero-order valence-corrected chi connectivity index (χ0v) is 18.9. The first-order chi connectivity index (χ1) is 13.8. The van der Waals surface area contributed by atoms with Gasteiger partial charge in [0.15, 0.2) is 0 Å². The van der Waals surface area contributed by atoms with Gasteiger partial charge in [0.1, 0.15) is 0 Å². The van der Waals surface area contributed by atoms with E-state index < -0.39 is 13.7 Å². The normalized spacial score (nSPS) is 15.1. The van der Waals surface area contributed by atoms with E-state index in [2.05, 4.69) is 45.0 Å². The highest BCUT2D eigenvalue weighted by molar-refractivity contribution is 6.99. The molecule has 7 heteroatoms. The van der Waals surface area contributed by atoms with Crippen molar-refractivity contribution in [1.29, 1.82) is 0 Å².